The molecule has 6 heteroatoms. The Labute approximate surface area is 166 Å². The van der Waals surface area contributed by atoms with Crippen LogP contribution in [0, 0.1) is 13.8 Å². The van der Waals surface area contributed by atoms with E-state index in [9.17, 15) is 8.42 Å². The van der Waals surface area contributed by atoms with Crippen molar-refractivity contribution in [1.82, 2.24) is 4.98 Å². The van der Waals surface area contributed by atoms with E-state index in [0.29, 0.717) is 5.82 Å². The molecule has 0 saturated heterocycles. The number of nitrogens with one attached hydrogen (secondary N) is 1. The van der Waals surface area contributed by atoms with Crippen molar-refractivity contribution < 1.29 is 8.42 Å². The standard InChI is InChI=1S/C22H23N3O2S/c1-16-9-11-20(14-17(16)2)28(26,27)24-22-12-10-19(15-23-22)25-13-5-7-18-6-3-4-8-21(18)25/h3-4,6,8-12,14-15H,5,7,13H2,1-2H3,(H,23,24). The number of nitrogens with zero attached hydrogens (tertiary/aromatic N) is 2. The highest BCUT2D eigenvalue weighted by Gasteiger charge is 2.19. The number of aryl methyl sites for hydroxylation is 3. The SMILES string of the molecule is Cc1ccc(S(=O)(=O)Nc2ccc(N3CCCc4ccccc43)cn2)cc1C. The highest BCUT2D eigenvalue weighted by atomic mass is 32.2. The van der Waals surface area contributed by atoms with Gasteiger partial charge in [-0.1, -0.05) is 24.3 Å². The van der Waals surface area contributed by atoms with Crippen LogP contribution in [0.4, 0.5) is 17.2 Å². The van der Waals surface area contributed by atoms with Crippen molar-refractivity contribution in [3.8, 4) is 0 Å². The molecular formula is C22H23N3O2S. The van der Waals surface area contributed by atoms with Crippen LogP contribution in [0.1, 0.15) is 23.1 Å². The molecule has 0 fully saturated rings. The smallest absolute Gasteiger partial charge is 0.263 e. The maximum Gasteiger partial charge on any atom is 0.263 e. The molecule has 0 radical (unpaired) electrons. The molecule has 0 aliphatic carbocycles. The fourth-order valence-corrected chi connectivity index (χ4v) is 4.58. The van der Waals surface area contributed by atoms with Crippen molar-refractivity contribution in [3.63, 3.8) is 0 Å². The summed E-state index contributed by atoms with van der Waals surface area (Å²) in [4.78, 5) is 6.82. The van der Waals surface area contributed by atoms with Crippen molar-refractivity contribution in [1.29, 1.82) is 0 Å². The number of pyridine rings is 1. The third kappa shape index (κ3) is 3.60. The van der Waals surface area contributed by atoms with Crippen molar-refractivity contribution in [2.45, 2.75) is 31.6 Å². The van der Waals surface area contributed by atoms with Gasteiger partial charge in [-0.25, -0.2) is 13.4 Å². The molecule has 0 atom stereocenters. The van der Waals surface area contributed by atoms with E-state index in [-0.39, 0.29) is 4.90 Å². The van der Waals surface area contributed by atoms with Gasteiger partial charge in [0.05, 0.1) is 16.8 Å². The molecule has 0 unspecified atom stereocenters. The third-order valence-corrected chi connectivity index (χ3v) is 6.55. The maximum atomic E-state index is 12.7. The van der Waals surface area contributed by atoms with Gasteiger partial charge in [0.15, 0.2) is 0 Å². The van der Waals surface area contributed by atoms with Crippen LogP contribution < -0.4 is 9.62 Å². The quantitative estimate of drug-likeness (QED) is 0.705. The zero-order valence-electron chi connectivity index (χ0n) is 16.0. The van der Waals surface area contributed by atoms with Gasteiger partial charge in [0.25, 0.3) is 10.0 Å². The summed E-state index contributed by atoms with van der Waals surface area (Å²) in [5, 5.41) is 0. The predicted octanol–water partition coefficient (Wildman–Crippen LogP) is 4.58. The Kier molecular flexibility index (Phi) is 4.81. The van der Waals surface area contributed by atoms with Crippen molar-refractivity contribution in [3.05, 3.63) is 77.5 Å². The molecule has 1 aliphatic heterocycles. The Balaban J connectivity index is 1.56. The van der Waals surface area contributed by atoms with Crippen molar-refractivity contribution in [2.24, 2.45) is 0 Å². The summed E-state index contributed by atoms with van der Waals surface area (Å²) in [6.45, 7) is 4.78. The lowest BCUT2D eigenvalue weighted by Gasteiger charge is -2.31. The number of para-hydroxylation sites is 1. The Bertz CT molecular complexity index is 1110. The van der Waals surface area contributed by atoms with Gasteiger partial charge < -0.3 is 4.90 Å². The second-order valence-corrected chi connectivity index (χ2v) is 8.82. The number of sulfonamides is 1. The summed E-state index contributed by atoms with van der Waals surface area (Å²) < 4.78 is 27.9. The first-order valence-electron chi connectivity index (χ1n) is 9.36. The van der Waals surface area contributed by atoms with Crippen molar-refractivity contribution >= 4 is 27.2 Å². The molecule has 1 aliphatic rings. The number of benzene rings is 2. The summed E-state index contributed by atoms with van der Waals surface area (Å²) >= 11 is 0. The Morgan fingerprint density at radius 1 is 1.00 bits per heavy atom. The number of rotatable bonds is 4. The lowest BCUT2D eigenvalue weighted by atomic mass is 10.0. The molecule has 28 heavy (non-hydrogen) atoms. The highest BCUT2D eigenvalue weighted by Crippen LogP contribution is 2.33. The van der Waals surface area contributed by atoms with Gasteiger partial charge in [-0.15, -0.1) is 0 Å². The first-order chi connectivity index (χ1) is 13.4. The van der Waals surface area contributed by atoms with E-state index >= 15 is 0 Å². The van der Waals surface area contributed by atoms with Gasteiger partial charge in [-0.3, -0.25) is 4.72 Å². The van der Waals surface area contributed by atoms with Gasteiger partial charge >= 0.3 is 0 Å². The van der Waals surface area contributed by atoms with E-state index in [1.54, 1.807) is 24.4 Å². The van der Waals surface area contributed by atoms with Gasteiger partial charge in [0, 0.05) is 12.2 Å². The monoisotopic (exact) mass is 393 g/mol. The molecule has 2 heterocycles. The van der Waals surface area contributed by atoms with Crippen LogP contribution in [-0.2, 0) is 16.4 Å². The second kappa shape index (κ2) is 7.28. The minimum absolute atomic E-state index is 0.242. The van der Waals surface area contributed by atoms with E-state index in [1.807, 2.05) is 32.0 Å². The van der Waals surface area contributed by atoms with Crippen LogP contribution in [0.15, 0.2) is 65.7 Å². The van der Waals surface area contributed by atoms with Crippen LogP contribution in [0.25, 0.3) is 0 Å². The van der Waals surface area contributed by atoms with Gasteiger partial charge in [0.1, 0.15) is 5.82 Å². The third-order valence-electron chi connectivity index (χ3n) is 5.20. The van der Waals surface area contributed by atoms with Crippen molar-refractivity contribution in [2.75, 3.05) is 16.2 Å². The largest absolute Gasteiger partial charge is 0.340 e. The number of hydrogen-bond donors (Lipinski definition) is 1. The van der Waals surface area contributed by atoms with Gasteiger partial charge in [0.2, 0.25) is 0 Å². The summed E-state index contributed by atoms with van der Waals surface area (Å²) in [6.07, 6.45) is 3.88. The Morgan fingerprint density at radius 2 is 1.82 bits per heavy atom. The lowest BCUT2D eigenvalue weighted by Crippen LogP contribution is -2.24. The van der Waals surface area contributed by atoms with Crippen LogP contribution in [0.3, 0.4) is 0 Å². The normalized spacial score (nSPS) is 13.9. The highest BCUT2D eigenvalue weighted by molar-refractivity contribution is 7.92. The maximum absolute atomic E-state index is 12.7. The molecule has 5 nitrogen and oxygen atoms in total. The lowest BCUT2D eigenvalue weighted by molar-refractivity contribution is 0.601. The van der Waals surface area contributed by atoms with E-state index < -0.39 is 10.0 Å². The number of hydrogen-bond acceptors (Lipinski definition) is 4. The molecule has 1 aromatic heterocycles. The number of aromatic nitrogens is 1. The summed E-state index contributed by atoms with van der Waals surface area (Å²) in [7, 11) is -3.67. The predicted molar refractivity (Wildman–Crippen MR) is 113 cm³/mol. The average molecular weight is 394 g/mol. The summed E-state index contributed by atoms with van der Waals surface area (Å²) in [6, 6.07) is 17.1. The molecule has 0 spiro atoms. The molecule has 0 saturated carbocycles. The topological polar surface area (TPSA) is 62.3 Å². The number of anilines is 3. The molecule has 0 bridgehead atoms. The molecule has 3 aromatic rings. The molecular weight excluding hydrogens is 370 g/mol. The molecule has 144 valence electrons. The van der Waals surface area contributed by atoms with E-state index in [1.165, 1.54) is 11.3 Å². The van der Waals surface area contributed by atoms with Crippen LogP contribution in [0.5, 0.6) is 0 Å². The minimum atomic E-state index is -3.67. The minimum Gasteiger partial charge on any atom is -0.340 e. The Hall–Kier alpha value is -2.86. The average Bonchev–Trinajstić information content (AvgIpc) is 2.70. The Morgan fingerprint density at radius 3 is 2.57 bits per heavy atom. The molecule has 4 rings (SSSR count). The zero-order chi connectivity index (χ0) is 19.7. The molecule has 0 amide bonds. The molecule has 2 aromatic carbocycles. The van der Waals surface area contributed by atoms with E-state index in [4.69, 9.17) is 0 Å². The van der Waals surface area contributed by atoms with Gasteiger partial charge in [-0.2, -0.15) is 0 Å². The second-order valence-electron chi connectivity index (χ2n) is 7.14. The number of fused-ring (bicyclic) bond motifs is 1. The van der Waals surface area contributed by atoms with E-state index in [2.05, 4.69) is 32.8 Å². The van der Waals surface area contributed by atoms with Crippen LogP contribution in [-0.4, -0.2) is 19.9 Å². The molecule has 1 N–H and O–H groups in total. The van der Waals surface area contributed by atoms with Crippen LogP contribution in [0.2, 0.25) is 0 Å². The summed E-state index contributed by atoms with van der Waals surface area (Å²) in [5.74, 6) is 0.312. The fraction of sp³-hybridized carbons (Fsp3) is 0.227. The van der Waals surface area contributed by atoms with Gasteiger partial charge in [-0.05, 0) is 73.7 Å². The fourth-order valence-electron chi connectivity index (χ4n) is 3.49. The summed E-state index contributed by atoms with van der Waals surface area (Å²) in [5.41, 5.74) is 5.48. The zero-order valence-corrected chi connectivity index (χ0v) is 16.8. The van der Waals surface area contributed by atoms with Crippen LogP contribution >= 0.6 is 0 Å². The van der Waals surface area contributed by atoms with E-state index in [0.717, 1.165) is 36.2 Å². The first-order valence-corrected chi connectivity index (χ1v) is 10.8. The first kappa shape index (κ1) is 18.5.